The standard InChI is InChI=1S/C14H18N4O.ClH/c1-11-8-15-6-7-17(11)14(19)10-18-13-5-3-2-4-12(13)9-16-18;/h2-5,9,11,15H,6-8,10H2,1H3;1H/t11-;/m1./s1. The summed E-state index contributed by atoms with van der Waals surface area (Å²) in [7, 11) is 0. The zero-order valence-electron chi connectivity index (χ0n) is 11.5. The highest BCUT2D eigenvalue weighted by atomic mass is 35.5. The zero-order valence-corrected chi connectivity index (χ0v) is 12.3. The first-order valence-electron chi connectivity index (χ1n) is 6.66. The number of fused-ring (bicyclic) bond motifs is 1. The lowest BCUT2D eigenvalue weighted by molar-refractivity contribution is -0.134. The third kappa shape index (κ3) is 2.78. The fourth-order valence-corrected chi connectivity index (χ4v) is 2.58. The van der Waals surface area contributed by atoms with E-state index in [1.165, 1.54) is 0 Å². The fraction of sp³-hybridized carbons (Fsp3) is 0.429. The number of nitrogens with one attached hydrogen (secondary N) is 1. The van der Waals surface area contributed by atoms with Crippen molar-refractivity contribution in [1.82, 2.24) is 20.0 Å². The van der Waals surface area contributed by atoms with Gasteiger partial charge in [0.05, 0.1) is 11.7 Å². The number of benzene rings is 1. The summed E-state index contributed by atoms with van der Waals surface area (Å²) >= 11 is 0. The van der Waals surface area contributed by atoms with E-state index >= 15 is 0 Å². The first kappa shape index (κ1) is 14.8. The number of carbonyl (C=O) groups is 1. The zero-order chi connectivity index (χ0) is 13.2. The molecule has 108 valence electrons. The minimum Gasteiger partial charge on any atom is -0.336 e. The van der Waals surface area contributed by atoms with E-state index in [2.05, 4.69) is 17.3 Å². The van der Waals surface area contributed by atoms with Crippen molar-refractivity contribution in [3.8, 4) is 0 Å². The summed E-state index contributed by atoms with van der Waals surface area (Å²) in [6.07, 6.45) is 1.81. The molecule has 5 nitrogen and oxygen atoms in total. The van der Waals surface area contributed by atoms with Gasteiger partial charge in [-0.25, -0.2) is 0 Å². The number of nitrogens with zero attached hydrogens (tertiary/aromatic N) is 3. The molecule has 3 rings (SSSR count). The molecule has 20 heavy (non-hydrogen) atoms. The molecule has 1 amide bonds. The van der Waals surface area contributed by atoms with Gasteiger partial charge in [0.25, 0.3) is 0 Å². The highest BCUT2D eigenvalue weighted by Gasteiger charge is 2.23. The van der Waals surface area contributed by atoms with E-state index in [-0.39, 0.29) is 24.4 Å². The van der Waals surface area contributed by atoms with Gasteiger partial charge in [-0.05, 0) is 13.0 Å². The Labute approximate surface area is 124 Å². The average molecular weight is 295 g/mol. The third-order valence-corrected chi connectivity index (χ3v) is 3.66. The predicted octanol–water partition coefficient (Wildman–Crippen LogP) is 1.28. The van der Waals surface area contributed by atoms with Crippen molar-refractivity contribution in [2.24, 2.45) is 0 Å². The fourth-order valence-electron chi connectivity index (χ4n) is 2.58. The van der Waals surface area contributed by atoms with Gasteiger partial charge in [0.1, 0.15) is 6.54 Å². The van der Waals surface area contributed by atoms with Crippen molar-refractivity contribution in [2.45, 2.75) is 19.5 Å². The van der Waals surface area contributed by atoms with E-state index in [0.29, 0.717) is 6.54 Å². The molecular weight excluding hydrogens is 276 g/mol. The third-order valence-electron chi connectivity index (χ3n) is 3.66. The van der Waals surface area contributed by atoms with Crippen LogP contribution in [-0.2, 0) is 11.3 Å². The van der Waals surface area contributed by atoms with E-state index < -0.39 is 0 Å². The van der Waals surface area contributed by atoms with Crippen molar-refractivity contribution in [3.63, 3.8) is 0 Å². The molecule has 1 fully saturated rings. The maximum atomic E-state index is 12.4. The molecule has 0 bridgehead atoms. The van der Waals surface area contributed by atoms with Crippen LogP contribution in [0, 0.1) is 0 Å². The number of rotatable bonds is 2. The monoisotopic (exact) mass is 294 g/mol. The van der Waals surface area contributed by atoms with Crippen LogP contribution in [0.5, 0.6) is 0 Å². The Kier molecular flexibility index (Phi) is 4.62. The molecule has 0 unspecified atom stereocenters. The Bertz CT molecular complexity index is 598. The van der Waals surface area contributed by atoms with E-state index in [0.717, 1.165) is 30.5 Å². The van der Waals surface area contributed by atoms with Crippen molar-refractivity contribution in [1.29, 1.82) is 0 Å². The number of para-hydroxylation sites is 1. The van der Waals surface area contributed by atoms with Crippen molar-refractivity contribution in [2.75, 3.05) is 19.6 Å². The molecule has 2 heterocycles. The number of amides is 1. The molecule has 0 aliphatic carbocycles. The molecular formula is C14H19ClN4O. The van der Waals surface area contributed by atoms with E-state index in [9.17, 15) is 4.79 Å². The number of halogens is 1. The number of hydrogen-bond donors (Lipinski definition) is 1. The number of aromatic nitrogens is 2. The van der Waals surface area contributed by atoms with Crippen LogP contribution in [0.3, 0.4) is 0 Å². The SMILES string of the molecule is C[C@@H]1CNCCN1C(=O)Cn1ncc2ccccc21.Cl. The van der Waals surface area contributed by atoms with Crippen LogP contribution in [0.1, 0.15) is 6.92 Å². The molecule has 1 aliphatic rings. The van der Waals surface area contributed by atoms with E-state index in [4.69, 9.17) is 0 Å². The molecule has 1 saturated heterocycles. The molecule has 0 saturated carbocycles. The first-order chi connectivity index (χ1) is 9.25. The Morgan fingerprint density at radius 3 is 3.05 bits per heavy atom. The molecule has 1 atom stereocenters. The molecule has 0 spiro atoms. The Morgan fingerprint density at radius 2 is 2.25 bits per heavy atom. The minimum atomic E-state index is 0. The molecule has 1 aliphatic heterocycles. The highest BCUT2D eigenvalue weighted by molar-refractivity contribution is 5.85. The van der Waals surface area contributed by atoms with Gasteiger partial charge in [0.2, 0.25) is 5.91 Å². The van der Waals surface area contributed by atoms with Crippen molar-refractivity contribution < 1.29 is 4.79 Å². The lowest BCUT2D eigenvalue weighted by atomic mass is 10.2. The molecule has 1 aromatic heterocycles. The Hall–Kier alpha value is -1.59. The van der Waals surface area contributed by atoms with Gasteiger partial charge in [-0.3, -0.25) is 9.48 Å². The van der Waals surface area contributed by atoms with Gasteiger partial charge < -0.3 is 10.2 Å². The van der Waals surface area contributed by atoms with Gasteiger partial charge in [-0.1, -0.05) is 18.2 Å². The second kappa shape index (κ2) is 6.24. The molecule has 2 aromatic rings. The topological polar surface area (TPSA) is 50.2 Å². The van der Waals surface area contributed by atoms with Crippen LogP contribution >= 0.6 is 12.4 Å². The van der Waals surface area contributed by atoms with Crippen molar-refractivity contribution >= 4 is 29.2 Å². The van der Waals surface area contributed by atoms with Crippen LogP contribution in [0.2, 0.25) is 0 Å². The van der Waals surface area contributed by atoms with Crippen LogP contribution in [0.15, 0.2) is 30.5 Å². The average Bonchev–Trinajstić information content (AvgIpc) is 2.83. The van der Waals surface area contributed by atoms with Crippen LogP contribution < -0.4 is 5.32 Å². The molecule has 1 aromatic carbocycles. The van der Waals surface area contributed by atoms with Gasteiger partial charge in [0.15, 0.2) is 0 Å². The van der Waals surface area contributed by atoms with Crippen LogP contribution in [0.25, 0.3) is 10.9 Å². The summed E-state index contributed by atoms with van der Waals surface area (Å²) in [5, 5.41) is 8.67. The highest BCUT2D eigenvalue weighted by Crippen LogP contribution is 2.13. The Morgan fingerprint density at radius 1 is 1.45 bits per heavy atom. The Balaban J connectivity index is 0.00000147. The summed E-state index contributed by atoms with van der Waals surface area (Å²) in [5.41, 5.74) is 1.01. The molecule has 6 heteroatoms. The van der Waals surface area contributed by atoms with Crippen molar-refractivity contribution in [3.05, 3.63) is 30.5 Å². The number of hydrogen-bond acceptors (Lipinski definition) is 3. The lowest BCUT2D eigenvalue weighted by Gasteiger charge is -2.34. The first-order valence-corrected chi connectivity index (χ1v) is 6.66. The van der Waals surface area contributed by atoms with Gasteiger partial charge in [0, 0.05) is 31.1 Å². The summed E-state index contributed by atoms with van der Waals surface area (Å²) in [6, 6.07) is 8.21. The van der Waals surface area contributed by atoms with Gasteiger partial charge in [-0.15, -0.1) is 12.4 Å². The van der Waals surface area contributed by atoms with Crippen LogP contribution in [-0.4, -0.2) is 46.3 Å². The molecule has 0 radical (unpaired) electrons. The second-order valence-corrected chi connectivity index (χ2v) is 5.00. The maximum absolute atomic E-state index is 12.4. The van der Waals surface area contributed by atoms with Gasteiger partial charge in [-0.2, -0.15) is 5.10 Å². The maximum Gasteiger partial charge on any atom is 0.244 e. The summed E-state index contributed by atoms with van der Waals surface area (Å²) in [5.74, 6) is 0.142. The number of piperazine rings is 1. The van der Waals surface area contributed by atoms with Crippen LogP contribution in [0.4, 0.5) is 0 Å². The predicted molar refractivity (Wildman–Crippen MR) is 81.0 cm³/mol. The summed E-state index contributed by atoms with van der Waals surface area (Å²) < 4.78 is 1.78. The largest absolute Gasteiger partial charge is 0.336 e. The summed E-state index contributed by atoms with van der Waals surface area (Å²) in [4.78, 5) is 14.3. The second-order valence-electron chi connectivity index (χ2n) is 5.00. The minimum absolute atomic E-state index is 0. The number of carbonyl (C=O) groups excluding carboxylic acids is 1. The van der Waals surface area contributed by atoms with E-state index in [1.54, 1.807) is 4.68 Å². The normalized spacial score (nSPS) is 18.9. The quantitative estimate of drug-likeness (QED) is 0.908. The smallest absolute Gasteiger partial charge is 0.244 e. The lowest BCUT2D eigenvalue weighted by Crippen LogP contribution is -2.53. The summed E-state index contributed by atoms with van der Waals surface area (Å²) in [6.45, 7) is 4.91. The molecule has 1 N–H and O–H groups in total. The van der Waals surface area contributed by atoms with E-state index in [1.807, 2.05) is 35.4 Å². The van der Waals surface area contributed by atoms with Gasteiger partial charge >= 0.3 is 0 Å².